The molecule has 0 amide bonds. The first-order valence-electron chi connectivity index (χ1n) is 4.99. The van der Waals surface area contributed by atoms with Crippen molar-refractivity contribution in [2.24, 2.45) is 0 Å². The Bertz CT molecular complexity index is 617. The standard InChI is InChI=1S/C12H10N2O3/c1-8-7-10(12(16)17)13-14(11(8)15)9-5-3-2-4-6-9/h2-7H,1H3,(H,16,17). The zero-order valence-electron chi connectivity index (χ0n) is 9.12. The lowest BCUT2D eigenvalue weighted by molar-refractivity contribution is 0.0688. The normalized spacial score (nSPS) is 10.2. The minimum atomic E-state index is -1.15. The third kappa shape index (κ3) is 2.08. The second-order valence-electron chi connectivity index (χ2n) is 3.57. The summed E-state index contributed by atoms with van der Waals surface area (Å²) in [5.74, 6) is -1.15. The number of para-hydroxylation sites is 1. The van der Waals surface area contributed by atoms with Crippen molar-refractivity contribution in [3.05, 3.63) is 58.0 Å². The van der Waals surface area contributed by atoms with Crippen LogP contribution in [0.4, 0.5) is 0 Å². The van der Waals surface area contributed by atoms with E-state index in [4.69, 9.17) is 5.11 Å². The number of rotatable bonds is 2. The maximum Gasteiger partial charge on any atom is 0.356 e. The van der Waals surface area contributed by atoms with E-state index in [0.29, 0.717) is 11.3 Å². The van der Waals surface area contributed by atoms with Crippen LogP contribution in [0.3, 0.4) is 0 Å². The molecule has 5 nitrogen and oxygen atoms in total. The van der Waals surface area contributed by atoms with Crippen LogP contribution >= 0.6 is 0 Å². The fourth-order valence-electron chi connectivity index (χ4n) is 1.46. The van der Waals surface area contributed by atoms with Gasteiger partial charge in [-0.25, -0.2) is 4.79 Å². The molecule has 0 unspecified atom stereocenters. The van der Waals surface area contributed by atoms with Crippen LogP contribution in [0.15, 0.2) is 41.2 Å². The minimum Gasteiger partial charge on any atom is -0.476 e. The third-order valence-electron chi connectivity index (χ3n) is 2.31. The quantitative estimate of drug-likeness (QED) is 0.842. The van der Waals surface area contributed by atoms with Crippen molar-refractivity contribution in [3.63, 3.8) is 0 Å². The van der Waals surface area contributed by atoms with Crippen LogP contribution < -0.4 is 5.56 Å². The average molecular weight is 230 g/mol. The maximum absolute atomic E-state index is 11.9. The van der Waals surface area contributed by atoms with Gasteiger partial charge in [-0.05, 0) is 25.1 Å². The molecular weight excluding hydrogens is 220 g/mol. The van der Waals surface area contributed by atoms with E-state index in [1.165, 1.54) is 6.07 Å². The average Bonchev–Trinajstić information content (AvgIpc) is 2.33. The maximum atomic E-state index is 11.9. The predicted molar refractivity (Wildman–Crippen MR) is 61.5 cm³/mol. The third-order valence-corrected chi connectivity index (χ3v) is 2.31. The Hall–Kier alpha value is -2.43. The summed E-state index contributed by atoms with van der Waals surface area (Å²) in [5.41, 5.74) is 0.428. The number of aromatic nitrogens is 2. The molecule has 0 saturated heterocycles. The summed E-state index contributed by atoms with van der Waals surface area (Å²) in [4.78, 5) is 22.7. The van der Waals surface area contributed by atoms with Gasteiger partial charge in [-0.3, -0.25) is 4.79 Å². The molecule has 17 heavy (non-hydrogen) atoms. The summed E-state index contributed by atoms with van der Waals surface area (Å²) in [6.07, 6.45) is 0. The summed E-state index contributed by atoms with van der Waals surface area (Å²) in [6.45, 7) is 1.57. The number of hydrogen-bond donors (Lipinski definition) is 1. The van der Waals surface area contributed by atoms with Crippen molar-refractivity contribution in [1.82, 2.24) is 9.78 Å². The van der Waals surface area contributed by atoms with Gasteiger partial charge in [0.25, 0.3) is 5.56 Å². The number of benzene rings is 1. The first kappa shape index (κ1) is 11.1. The second kappa shape index (κ2) is 4.21. The highest BCUT2D eigenvalue weighted by Crippen LogP contribution is 2.04. The van der Waals surface area contributed by atoms with Crippen LogP contribution in [0.5, 0.6) is 0 Å². The lowest BCUT2D eigenvalue weighted by atomic mass is 10.2. The molecule has 0 spiro atoms. The number of hydrogen-bond acceptors (Lipinski definition) is 3. The molecule has 1 N–H and O–H groups in total. The van der Waals surface area contributed by atoms with E-state index in [0.717, 1.165) is 4.68 Å². The van der Waals surface area contributed by atoms with E-state index in [9.17, 15) is 9.59 Å². The smallest absolute Gasteiger partial charge is 0.356 e. The first-order valence-corrected chi connectivity index (χ1v) is 4.99. The predicted octanol–water partition coefficient (Wildman–Crippen LogP) is 1.24. The van der Waals surface area contributed by atoms with E-state index in [1.54, 1.807) is 31.2 Å². The van der Waals surface area contributed by atoms with Gasteiger partial charge < -0.3 is 5.11 Å². The van der Waals surface area contributed by atoms with Crippen LogP contribution in [-0.4, -0.2) is 20.9 Å². The van der Waals surface area contributed by atoms with Gasteiger partial charge in [0.1, 0.15) is 0 Å². The van der Waals surface area contributed by atoms with Crippen LogP contribution in [0.2, 0.25) is 0 Å². The molecule has 5 heteroatoms. The first-order chi connectivity index (χ1) is 8.09. The second-order valence-corrected chi connectivity index (χ2v) is 3.57. The van der Waals surface area contributed by atoms with Crippen LogP contribution in [0, 0.1) is 6.92 Å². The molecule has 0 aliphatic carbocycles. The van der Waals surface area contributed by atoms with E-state index in [2.05, 4.69) is 5.10 Å². The van der Waals surface area contributed by atoms with Crippen molar-refractivity contribution in [2.45, 2.75) is 6.92 Å². The highest BCUT2D eigenvalue weighted by atomic mass is 16.4. The SMILES string of the molecule is Cc1cc(C(=O)O)nn(-c2ccccc2)c1=O. The number of aryl methyl sites for hydroxylation is 1. The molecule has 0 aliphatic rings. The Morgan fingerprint density at radius 2 is 1.94 bits per heavy atom. The Morgan fingerprint density at radius 3 is 2.53 bits per heavy atom. The van der Waals surface area contributed by atoms with Crippen molar-refractivity contribution >= 4 is 5.97 Å². The number of carboxylic acid groups (broad SMARTS) is 1. The number of carbonyl (C=O) groups is 1. The summed E-state index contributed by atoms with van der Waals surface area (Å²) >= 11 is 0. The molecule has 86 valence electrons. The molecule has 0 radical (unpaired) electrons. The minimum absolute atomic E-state index is 0.147. The Balaban J connectivity index is 2.70. The molecule has 0 atom stereocenters. The summed E-state index contributed by atoms with van der Waals surface area (Å²) < 4.78 is 1.10. The molecule has 1 aromatic heterocycles. The van der Waals surface area contributed by atoms with Gasteiger partial charge in [0.05, 0.1) is 5.69 Å². The molecule has 0 saturated carbocycles. The lowest BCUT2D eigenvalue weighted by Gasteiger charge is -2.06. The van der Waals surface area contributed by atoms with Crippen LogP contribution in [0.25, 0.3) is 5.69 Å². The van der Waals surface area contributed by atoms with E-state index < -0.39 is 5.97 Å². The molecule has 1 aromatic carbocycles. The van der Waals surface area contributed by atoms with Gasteiger partial charge >= 0.3 is 5.97 Å². The van der Waals surface area contributed by atoms with Gasteiger partial charge in [-0.2, -0.15) is 9.78 Å². The monoisotopic (exact) mass is 230 g/mol. The topological polar surface area (TPSA) is 72.2 Å². The Kier molecular flexibility index (Phi) is 2.74. The number of carboxylic acids is 1. The van der Waals surface area contributed by atoms with Crippen LogP contribution in [0.1, 0.15) is 16.1 Å². The van der Waals surface area contributed by atoms with E-state index in [1.807, 2.05) is 6.07 Å². The molecule has 0 fully saturated rings. The zero-order chi connectivity index (χ0) is 12.4. The fraction of sp³-hybridized carbons (Fsp3) is 0.0833. The Labute approximate surface area is 97.0 Å². The molecule has 1 heterocycles. The molecule has 2 aromatic rings. The number of aromatic carboxylic acids is 1. The van der Waals surface area contributed by atoms with E-state index >= 15 is 0 Å². The summed E-state index contributed by atoms with van der Waals surface area (Å²) in [5, 5.41) is 12.7. The number of nitrogens with zero attached hydrogens (tertiary/aromatic N) is 2. The molecule has 2 rings (SSSR count). The zero-order valence-corrected chi connectivity index (χ0v) is 9.12. The lowest BCUT2D eigenvalue weighted by Crippen LogP contribution is -2.25. The molecule has 0 aliphatic heterocycles. The van der Waals surface area contributed by atoms with Gasteiger partial charge in [0.15, 0.2) is 5.69 Å². The fourth-order valence-corrected chi connectivity index (χ4v) is 1.46. The van der Waals surface area contributed by atoms with E-state index in [-0.39, 0.29) is 11.3 Å². The van der Waals surface area contributed by atoms with Crippen molar-refractivity contribution in [3.8, 4) is 5.69 Å². The molecular formula is C12H10N2O3. The van der Waals surface area contributed by atoms with Crippen molar-refractivity contribution in [1.29, 1.82) is 0 Å². The highest BCUT2D eigenvalue weighted by molar-refractivity contribution is 5.85. The summed E-state index contributed by atoms with van der Waals surface area (Å²) in [6, 6.07) is 9.98. The van der Waals surface area contributed by atoms with Gasteiger partial charge in [-0.15, -0.1) is 0 Å². The Morgan fingerprint density at radius 1 is 1.29 bits per heavy atom. The van der Waals surface area contributed by atoms with Crippen molar-refractivity contribution in [2.75, 3.05) is 0 Å². The van der Waals surface area contributed by atoms with Crippen LogP contribution in [-0.2, 0) is 0 Å². The van der Waals surface area contributed by atoms with Gasteiger partial charge in [0.2, 0.25) is 0 Å². The largest absolute Gasteiger partial charge is 0.476 e. The van der Waals surface area contributed by atoms with Crippen molar-refractivity contribution < 1.29 is 9.90 Å². The summed E-state index contributed by atoms with van der Waals surface area (Å²) in [7, 11) is 0. The molecule has 0 bridgehead atoms. The van der Waals surface area contributed by atoms with Gasteiger partial charge in [-0.1, -0.05) is 18.2 Å². The van der Waals surface area contributed by atoms with Gasteiger partial charge in [0, 0.05) is 5.56 Å². The highest BCUT2D eigenvalue weighted by Gasteiger charge is 2.11.